The van der Waals surface area contributed by atoms with Gasteiger partial charge in [-0.1, -0.05) is 164 Å². The van der Waals surface area contributed by atoms with Crippen LogP contribution >= 0.6 is 0 Å². The SMILES string of the molecule is C=CC1C=CC=CC1C(=C)C1=c2ccc(-c3ccc(-c4nc5c(n4-c4ccccc4)C=CCC5)cc3)c/c2=C(C2=CC=CC3C=CC=CC23)/C=C/CCC=C1. The van der Waals surface area contributed by atoms with Crippen molar-refractivity contribution >= 4 is 17.2 Å². The number of aromatic nitrogens is 2. The molecule has 268 valence electrons. The monoisotopic (exact) mass is 710 g/mol. The first kappa shape index (κ1) is 34.5. The molecular weight excluding hydrogens is 665 g/mol. The molecule has 55 heavy (non-hydrogen) atoms. The number of benzene rings is 3. The summed E-state index contributed by atoms with van der Waals surface area (Å²) < 4.78 is 2.31. The Labute approximate surface area is 325 Å². The molecule has 0 radical (unpaired) electrons. The summed E-state index contributed by atoms with van der Waals surface area (Å²) in [5.41, 5.74) is 11.9. The van der Waals surface area contributed by atoms with Gasteiger partial charge < -0.3 is 0 Å². The van der Waals surface area contributed by atoms with Crippen LogP contribution in [0.1, 0.15) is 30.7 Å². The molecule has 3 aromatic carbocycles. The molecule has 1 heterocycles. The Kier molecular flexibility index (Phi) is 9.56. The van der Waals surface area contributed by atoms with Crippen LogP contribution in [-0.4, -0.2) is 9.55 Å². The predicted molar refractivity (Wildman–Crippen MR) is 232 cm³/mol. The first-order valence-electron chi connectivity index (χ1n) is 19.7. The third kappa shape index (κ3) is 6.63. The number of allylic oxidation sites excluding steroid dienone is 19. The minimum absolute atomic E-state index is 0.140. The van der Waals surface area contributed by atoms with E-state index in [2.05, 4.69) is 193 Å². The average Bonchev–Trinajstić information content (AvgIpc) is 3.65. The van der Waals surface area contributed by atoms with Crippen LogP contribution in [0.15, 0.2) is 200 Å². The zero-order chi connectivity index (χ0) is 37.1. The van der Waals surface area contributed by atoms with E-state index in [4.69, 9.17) is 11.6 Å². The fourth-order valence-electron chi connectivity index (χ4n) is 8.74. The van der Waals surface area contributed by atoms with Gasteiger partial charge in [-0.25, -0.2) is 4.98 Å². The number of hydrogen-bond acceptors (Lipinski definition) is 1. The quantitative estimate of drug-likeness (QED) is 0.175. The maximum atomic E-state index is 5.21. The number of para-hydroxylation sites is 1. The molecule has 0 aliphatic heterocycles. The summed E-state index contributed by atoms with van der Waals surface area (Å²) in [5, 5.41) is 2.44. The number of rotatable bonds is 7. The van der Waals surface area contributed by atoms with Crippen molar-refractivity contribution in [1.82, 2.24) is 9.55 Å². The van der Waals surface area contributed by atoms with E-state index in [1.54, 1.807) is 0 Å². The van der Waals surface area contributed by atoms with E-state index < -0.39 is 0 Å². The molecular formula is C53H46N2. The van der Waals surface area contributed by atoms with Crippen molar-refractivity contribution in [3.63, 3.8) is 0 Å². The normalized spacial score (nSPS) is 23.8. The average molecular weight is 711 g/mol. The van der Waals surface area contributed by atoms with Crippen molar-refractivity contribution in [3.8, 4) is 28.2 Å². The summed E-state index contributed by atoms with van der Waals surface area (Å²) in [7, 11) is 0. The lowest BCUT2D eigenvalue weighted by Gasteiger charge is -2.28. The van der Waals surface area contributed by atoms with Crippen LogP contribution in [0.2, 0.25) is 0 Å². The minimum Gasteiger partial charge on any atom is -0.293 e. The van der Waals surface area contributed by atoms with Crippen molar-refractivity contribution in [2.75, 3.05) is 0 Å². The van der Waals surface area contributed by atoms with Crippen molar-refractivity contribution in [2.24, 2.45) is 23.7 Å². The van der Waals surface area contributed by atoms with Gasteiger partial charge in [-0.15, -0.1) is 6.58 Å². The van der Waals surface area contributed by atoms with E-state index in [-0.39, 0.29) is 17.8 Å². The van der Waals surface area contributed by atoms with Gasteiger partial charge in [0.2, 0.25) is 0 Å². The summed E-state index contributed by atoms with van der Waals surface area (Å²) in [6.07, 6.45) is 44.6. The van der Waals surface area contributed by atoms with Crippen molar-refractivity contribution in [2.45, 2.75) is 25.7 Å². The second-order valence-corrected chi connectivity index (χ2v) is 14.9. The Balaban J connectivity index is 1.22. The van der Waals surface area contributed by atoms with Gasteiger partial charge in [0.25, 0.3) is 0 Å². The van der Waals surface area contributed by atoms with Gasteiger partial charge in [0.15, 0.2) is 0 Å². The summed E-state index contributed by atoms with van der Waals surface area (Å²) >= 11 is 0. The standard InChI is InChI=1S/C53H46N2/c1-3-38-18-11-13-23-44(38)37(2)45-24-9-4-5-10-26-48(47-27-17-20-40-19-12-14-25-46(40)47)50-36-42(34-35-49(45)50)39-30-32-41(33-31-39)53-54-51-28-15-16-29-52(51)55(53)43-21-7-6-8-22-43/h3,6-14,16-27,29-36,38,40,44,46H,1-2,4-5,15,28H2/b24-9?,26-10+,49-45?,50-48+. The number of imidazole rings is 1. The van der Waals surface area contributed by atoms with Gasteiger partial charge in [-0.3, -0.25) is 4.57 Å². The highest BCUT2D eigenvalue weighted by Gasteiger charge is 2.26. The van der Waals surface area contributed by atoms with Crippen LogP contribution in [0.5, 0.6) is 0 Å². The Morgan fingerprint density at radius 2 is 1.42 bits per heavy atom. The van der Waals surface area contributed by atoms with E-state index in [0.717, 1.165) is 54.0 Å². The zero-order valence-corrected chi connectivity index (χ0v) is 31.3. The molecule has 0 bridgehead atoms. The molecule has 0 amide bonds. The van der Waals surface area contributed by atoms with E-state index in [9.17, 15) is 0 Å². The van der Waals surface area contributed by atoms with Gasteiger partial charge in [-0.05, 0) is 93.8 Å². The van der Waals surface area contributed by atoms with Gasteiger partial charge in [0.1, 0.15) is 5.82 Å². The topological polar surface area (TPSA) is 17.8 Å². The number of hydrogen-bond donors (Lipinski definition) is 0. The summed E-state index contributed by atoms with van der Waals surface area (Å²) in [4.78, 5) is 5.21. The van der Waals surface area contributed by atoms with Gasteiger partial charge >= 0.3 is 0 Å². The van der Waals surface area contributed by atoms with Crippen LogP contribution in [-0.2, 0) is 6.42 Å². The summed E-state index contributed by atoms with van der Waals surface area (Å²) in [6.45, 7) is 8.98. The summed E-state index contributed by atoms with van der Waals surface area (Å²) in [5.74, 6) is 1.94. The molecule has 1 aromatic heterocycles. The highest BCUT2D eigenvalue weighted by Crippen LogP contribution is 2.37. The molecule has 9 rings (SSSR count). The molecule has 4 aromatic rings. The molecule has 0 spiro atoms. The lowest BCUT2D eigenvalue weighted by molar-refractivity contribution is 0.639. The third-order valence-electron chi connectivity index (χ3n) is 11.6. The second-order valence-electron chi connectivity index (χ2n) is 14.9. The van der Waals surface area contributed by atoms with Crippen LogP contribution in [0.3, 0.4) is 0 Å². The second kappa shape index (κ2) is 15.2. The van der Waals surface area contributed by atoms with Crippen molar-refractivity contribution in [1.29, 1.82) is 0 Å². The molecule has 2 heteroatoms. The maximum Gasteiger partial charge on any atom is 0.145 e. The van der Waals surface area contributed by atoms with Crippen LogP contribution < -0.4 is 10.4 Å². The molecule has 4 atom stereocenters. The predicted octanol–water partition coefficient (Wildman–Crippen LogP) is 11.3. The fraction of sp³-hybridized carbons (Fsp3) is 0.151. The van der Waals surface area contributed by atoms with Crippen LogP contribution in [0.4, 0.5) is 0 Å². The Morgan fingerprint density at radius 1 is 0.691 bits per heavy atom. The van der Waals surface area contributed by atoms with Crippen molar-refractivity contribution < 1.29 is 0 Å². The molecule has 2 nitrogen and oxygen atoms in total. The highest BCUT2D eigenvalue weighted by atomic mass is 15.1. The zero-order valence-electron chi connectivity index (χ0n) is 31.3. The molecule has 4 unspecified atom stereocenters. The smallest absolute Gasteiger partial charge is 0.145 e. The lowest BCUT2D eigenvalue weighted by Crippen LogP contribution is -2.32. The Hall–Kier alpha value is -6.25. The number of fused-ring (bicyclic) bond motifs is 3. The van der Waals surface area contributed by atoms with Gasteiger partial charge in [0.05, 0.1) is 11.4 Å². The summed E-state index contributed by atoms with van der Waals surface area (Å²) in [6, 6.07) is 26.6. The number of nitrogens with zero attached hydrogens (tertiary/aromatic N) is 2. The molecule has 0 N–H and O–H groups in total. The van der Waals surface area contributed by atoms with Gasteiger partial charge in [-0.2, -0.15) is 0 Å². The first-order chi connectivity index (χ1) is 27.2. The van der Waals surface area contributed by atoms with Crippen LogP contribution in [0.25, 0.3) is 45.4 Å². The molecule has 0 fully saturated rings. The maximum absolute atomic E-state index is 5.21. The lowest BCUT2D eigenvalue weighted by atomic mass is 9.75. The Bertz CT molecular complexity index is 2570. The fourth-order valence-corrected chi connectivity index (χ4v) is 8.74. The van der Waals surface area contributed by atoms with E-state index in [1.807, 2.05) is 0 Å². The van der Waals surface area contributed by atoms with E-state index in [0.29, 0.717) is 5.92 Å². The largest absolute Gasteiger partial charge is 0.293 e. The molecule has 0 saturated heterocycles. The van der Waals surface area contributed by atoms with E-state index >= 15 is 0 Å². The van der Waals surface area contributed by atoms with Gasteiger partial charge in [0, 0.05) is 34.9 Å². The van der Waals surface area contributed by atoms with Crippen LogP contribution in [0, 0.1) is 23.7 Å². The van der Waals surface area contributed by atoms with Crippen molar-refractivity contribution in [3.05, 3.63) is 222 Å². The highest BCUT2D eigenvalue weighted by molar-refractivity contribution is 5.81. The molecule has 5 aliphatic carbocycles. The third-order valence-corrected chi connectivity index (χ3v) is 11.6. The van der Waals surface area contributed by atoms with E-state index in [1.165, 1.54) is 44.0 Å². The minimum atomic E-state index is 0.140. The first-order valence-corrected chi connectivity index (χ1v) is 19.7. The molecule has 5 aliphatic rings. The number of aryl methyl sites for hydroxylation is 1. The Morgan fingerprint density at radius 3 is 2.27 bits per heavy atom. The molecule has 0 saturated carbocycles.